The van der Waals surface area contributed by atoms with E-state index in [1.165, 1.54) is 25.7 Å². The zero-order chi connectivity index (χ0) is 24.7. The van der Waals surface area contributed by atoms with Crippen molar-refractivity contribution in [1.82, 2.24) is 16.2 Å². The van der Waals surface area contributed by atoms with Gasteiger partial charge >= 0.3 is 11.9 Å². The third-order valence-corrected chi connectivity index (χ3v) is 4.90. The fourth-order valence-electron chi connectivity index (χ4n) is 2.93. The Kier molecular flexibility index (Phi) is 19.3. The monoisotopic (exact) mass is 467 g/mol. The van der Waals surface area contributed by atoms with Gasteiger partial charge in [-0.3, -0.25) is 14.4 Å². The summed E-state index contributed by atoms with van der Waals surface area (Å²) >= 11 is 0. The summed E-state index contributed by atoms with van der Waals surface area (Å²) in [6.45, 7) is 4.30. The first-order valence-electron chi connectivity index (χ1n) is 12.1. The summed E-state index contributed by atoms with van der Waals surface area (Å²) < 4.78 is 0. The maximum absolute atomic E-state index is 12.3. The van der Waals surface area contributed by atoms with Crippen LogP contribution < -0.4 is 16.2 Å². The lowest BCUT2D eigenvalue weighted by molar-refractivity contribution is -0.151. The van der Waals surface area contributed by atoms with Crippen LogP contribution in [-0.4, -0.2) is 47.3 Å². The molecule has 0 radical (unpaired) electrons. The van der Waals surface area contributed by atoms with E-state index in [4.69, 9.17) is 5.11 Å². The highest BCUT2D eigenvalue weighted by Crippen LogP contribution is 2.04. The van der Waals surface area contributed by atoms with Gasteiger partial charge in [-0.15, -0.1) is 0 Å². The number of nitrogens with one attached hydrogen (secondary N) is 3. The van der Waals surface area contributed by atoms with Crippen molar-refractivity contribution >= 4 is 36.1 Å². The van der Waals surface area contributed by atoms with Crippen molar-refractivity contribution in [2.24, 2.45) is 10.2 Å². The van der Waals surface area contributed by atoms with Crippen LogP contribution in [0.5, 0.6) is 0 Å². The van der Waals surface area contributed by atoms with Gasteiger partial charge < -0.3 is 10.4 Å². The third-order valence-electron chi connectivity index (χ3n) is 4.90. The minimum atomic E-state index is -1.71. The maximum atomic E-state index is 12.3. The minimum absolute atomic E-state index is 0.0875. The predicted octanol–water partition coefficient (Wildman–Crippen LogP) is 3.26. The summed E-state index contributed by atoms with van der Waals surface area (Å²) in [5.41, 5.74) is 4.67. The lowest BCUT2D eigenvalue weighted by atomic mass is 10.1. The largest absolute Gasteiger partial charge is 0.474 e. The molecule has 33 heavy (non-hydrogen) atoms. The molecule has 4 N–H and O–H groups in total. The van der Waals surface area contributed by atoms with E-state index in [9.17, 15) is 19.2 Å². The van der Waals surface area contributed by atoms with E-state index in [0.717, 1.165) is 44.9 Å². The van der Waals surface area contributed by atoms with Crippen LogP contribution in [0.2, 0.25) is 0 Å². The Morgan fingerprint density at radius 3 is 1.82 bits per heavy atom. The van der Waals surface area contributed by atoms with Gasteiger partial charge in [-0.1, -0.05) is 65.2 Å². The van der Waals surface area contributed by atoms with Crippen LogP contribution in [0.4, 0.5) is 0 Å². The summed E-state index contributed by atoms with van der Waals surface area (Å²) in [7, 11) is 0. The lowest BCUT2D eigenvalue weighted by Crippen LogP contribution is -2.48. The van der Waals surface area contributed by atoms with Gasteiger partial charge in [0.15, 0.2) is 0 Å². The molecular weight excluding hydrogens is 426 g/mol. The van der Waals surface area contributed by atoms with Gasteiger partial charge in [-0.2, -0.15) is 10.2 Å². The first kappa shape index (κ1) is 30.2. The number of carbonyl (C=O) groups excluding carboxylic acids is 3. The highest BCUT2D eigenvalue weighted by atomic mass is 16.4. The van der Waals surface area contributed by atoms with Crippen molar-refractivity contribution in [1.29, 1.82) is 0 Å². The Bertz CT molecular complexity index is 637. The SMILES string of the molecule is CCCCCCC/C=N/NC(=O)CC[C@H](NC(=O)C(=O)O)C(=O)N/N=C/CCCCCCC. The van der Waals surface area contributed by atoms with Crippen LogP contribution in [-0.2, 0) is 19.2 Å². The van der Waals surface area contributed by atoms with Crippen LogP contribution in [0.15, 0.2) is 10.2 Å². The molecule has 0 aliphatic heterocycles. The van der Waals surface area contributed by atoms with Crippen molar-refractivity contribution in [2.75, 3.05) is 0 Å². The molecule has 0 unspecified atom stereocenters. The zero-order valence-corrected chi connectivity index (χ0v) is 20.1. The molecule has 0 aromatic rings. The summed E-state index contributed by atoms with van der Waals surface area (Å²) in [6, 6.07) is -1.21. The second kappa shape index (κ2) is 21.1. The van der Waals surface area contributed by atoms with E-state index in [1.54, 1.807) is 12.4 Å². The standard InChI is InChI=1S/C23H41N5O5/c1-3-5-7-9-11-13-17-24-27-20(29)16-15-19(26-22(31)23(32)33)21(30)28-25-18-14-12-10-8-6-4-2/h17-19H,3-16H2,1-2H3,(H,26,31)(H,27,29)(H,28,30)(H,32,33)/b24-17+,25-18+/t19-/m0/s1. The van der Waals surface area contributed by atoms with Crippen molar-refractivity contribution < 1.29 is 24.3 Å². The number of hydrazone groups is 2. The topological polar surface area (TPSA) is 149 Å². The van der Waals surface area contributed by atoms with Gasteiger partial charge in [0, 0.05) is 18.9 Å². The fourth-order valence-corrected chi connectivity index (χ4v) is 2.93. The maximum Gasteiger partial charge on any atom is 0.394 e. The molecule has 0 rings (SSSR count). The van der Waals surface area contributed by atoms with E-state index in [0.29, 0.717) is 6.42 Å². The normalized spacial score (nSPS) is 12.1. The number of amides is 3. The molecule has 0 heterocycles. The first-order chi connectivity index (χ1) is 15.9. The quantitative estimate of drug-likeness (QED) is 0.0995. The summed E-state index contributed by atoms with van der Waals surface area (Å²) in [5.74, 6) is -4.15. The highest BCUT2D eigenvalue weighted by molar-refractivity contribution is 6.32. The van der Waals surface area contributed by atoms with Crippen LogP contribution in [0.25, 0.3) is 0 Å². The van der Waals surface area contributed by atoms with E-state index in [1.807, 2.05) is 0 Å². The van der Waals surface area contributed by atoms with Gasteiger partial charge in [0.1, 0.15) is 6.04 Å². The Balaban J connectivity index is 4.40. The number of rotatable bonds is 19. The van der Waals surface area contributed by atoms with Crippen molar-refractivity contribution in [3.8, 4) is 0 Å². The van der Waals surface area contributed by atoms with Crippen LogP contribution in [0.1, 0.15) is 104 Å². The summed E-state index contributed by atoms with van der Waals surface area (Å²) in [4.78, 5) is 46.6. The molecule has 0 fully saturated rings. The Labute approximate surface area is 197 Å². The molecule has 0 aliphatic rings. The predicted molar refractivity (Wildman–Crippen MR) is 129 cm³/mol. The van der Waals surface area contributed by atoms with Gasteiger partial charge in [0.2, 0.25) is 5.91 Å². The van der Waals surface area contributed by atoms with Gasteiger partial charge in [-0.25, -0.2) is 15.6 Å². The average molecular weight is 468 g/mol. The van der Waals surface area contributed by atoms with Crippen molar-refractivity contribution in [2.45, 2.75) is 110 Å². The van der Waals surface area contributed by atoms with Crippen LogP contribution in [0, 0.1) is 0 Å². The molecule has 0 aromatic carbocycles. The lowest BCUT2D eigenvalue weighted by Gasteiger charge is -2.15. The Morgan fingerprint density at radius 2 is 1.30 bits per heavy atom. The Hall–Kier alpha value is -2.78. The molecule has 3 amide bonds. The third kappa shape index (κ3) is 18.5. The average Bonchev–Trinajstić information content (AvgIpc) is 2.79. The number of unbranched alkanes of at least 4 members (excludes halogenated alkanes) is 10. The second-order valence-corrected chi connectivity index (χ2v) is 7.91. The van der Waals surface area contributed by atoms with Gasteiger partial charge in [0.25, 0.3) is 5.91 Å². The minimum Gasteiger partial charge on any atom is -0.474 e. The molecule has 188 valence electrons. The molecule has 0 saturated heterocycles. The Morgan fingerprint density at radius 1 is 0.788 bits per heavy atom. The number of carboxylic acid groups (broad SMARTS) is 1. The van der Waals surface area contributed by atoms with Crippen molar-refractivity contribution in [3.63, 3.8) is 0 Å². The van der Waals surface area contributed by atoms with Gasteiger partial charge in [-0.05, 0) is 32.1 Å². The molecular formula is C23H41N5O5. The molecule has 10 heteroatoms. The fraction of sp³-hybridized carbons (Fsp3) is 0.739. The van der Waals surface area contributed by atoms with Gasteiger partial charge in [0.05, 0.1) is 0 Å². The number of nitrogens with zero attached hydrogens (tertiary/aromatic N) is 2. The van der Waals surface area contributed by atoms with E-state index in [2.05, 4.69) is 40.2 Å². The highest BCUT2D eigenvalue weighted by Gasteiger charge is 2.24. The molecule has 0 aliphatic carbocycles. The molecule has 1 atom stereocenters. The number of hydrogen-bond donors (Lipinski definition) is 4. The van der Waals surface area contributed by atoms with E-state index in [-0.39, 0.29) is 12.8 Å². The first-order valence-corrected chi connectivity index (χ1v) is 12.1. The summed E-state index contributed by atoms with van der Waals surface area (Å²) in [5, 5.41) is 18.6. The number of carboxylic acids is 1. The summed E-state index contributed by atoms with van der Waals surface area (Å²) in [6.07, 6.45) is 15.7. The zero-order valence-electron chi connectivity index (χ0n) is 20.1. The smallest absolute Gasteiger partial charge is 0.394 e. The van der Waals surface area contributed by atoms with E-state index < -0.39 is 29.7 Å². The molecule has 0 aromatic heterocycles. The van der Waals surface area contributed by atoms with E-state index >= 15 is 0 Å². The van der Waals surface area contributed by atoms with Crippen molar-refractivity contribution in [3.05, 3.63) is 0 Å². The molecule has 0 bridgehead atoms. The molecule has 0 saturated carbocycles. The molecule has 0 spiro atoms. The van der Waals surface area contributed by atoms with Crippen LogP contribution >= 0.6 is 0 Å². The number of aliphatic carboxylic acids is 1. The number of carbonyl (C=O) groups is 4. The van der Waals surface area contributed by atoms with Crippen LogP contribution in [0.3, 0.4) is 0 Å². The molecule has 10 nitrogen and oxygen atoms in total. The number of hydrogen-bond acceptors (Lipinski definition) is 6. The second-order valence-electron chi connectivity index (χ2n) is 7.91.